The number of carboxylic acid groups (broad SMARTS) is 1. The molecular weight excluding hydrogens is 238 g/mol. The number of aryl methyl sites for hydroxylation is 1. The van der Waals surface area contributed by atoms with Gasteiger partial charge in [-0.1, -0.05) is 5.16 Å². The minimum absolute atomic E-state index is 0.0392. The lowest BCUT2D eigenvalue weighted by Crippen LogP contribution is -1.97. The first kappa shape index (κ1) is 12.0. The standard InChI is InChI=1S/C11H11N3O4/c1-17-8-3-2-7(6-12-8)11-13-9(18-14-11)4-5-10(15)16/h2-3,6H,4-5H2,1H3,(H,15,16). The molecule has 0 unspecified atom stereocenters. The van der Waals surface area contributed by atoms with Crippen molar-refractivity contribution in [2.45, 2.75) is 12.8 Å². The van der Waals surface area contributed by atoms with Crippen LogP contribution in [0.25, 0.3) is 11.4 Å². The number of aliphatic carboxylic acids is 1. The van der Waals surface area contributed by atoms with Gasteiger partial charge < -0.3 is 14.4 Å². The van der Waals surface area contributed by atoms with Crippen molar-refractivity contribution in [1.82, 2.24) is 15.1 Å². The minimum Gasteiger partial charge on any atom is -0.481 e. The molecule has 0 amide bonds. The van der Waals surface area contributed by atoms with Crippen molar-refractivity contribution in [3.8, 4) is 17.3 Å². The van der Waals surface area contributed by atoms with E-state index in [4.69, 9.17) is 14.4 Å². The Hall–Kier alpha value is -2.44. The maximum atomic E-state index is 10.4. The van der Waals surface area contributed by atoms with Crippen LogP contribution in [0.3, 0.4) is 0 Å². The summed E-state index contributed by atoms with van der Waals surface area (Å²) < 4.78 is 9.88. The molecule has 18 heavy (non-hydrogen) atoms. The number of aromatic nitrogens is 3. The van der Waals surface area contributed by atoms with Crippen LogP contribution in [0.15, 0.2) is 22.9 Å². The number of carbonyl (C=O) groups is 1. The van der Waals surface area contributed by atoms with E-state index in [-0.39, 0.29) is 12.8 Å². The van der Waals surface area contributed by atoms with E-state index in [2.05, 4.69) is 15.1 Å². The van der Waals surface area contributed by atoms with E-state index in [9.17, 15) is 4.79 Å². The molecule has 2 aromatic rings. The van der Waals surface area contributed by atoms with Gasteiger partial charge in [0.1, 0.15) is 0 Å². The molecule has 0 aliphatic carbocycles. The van der Waals surface area contributed by atoms with Gasteiger partial charge in [0.2, 0.25) is 17.6 Å². The van der Waals surface area contributed by atoms with E-state index < -0.39 is 5.97 Å². The first-order valence-corrected chi connectivity index (χ1v) is 5.24. The molecule has 0 aliphatic rings. The number of nitrogens with zero attached hydrogens (tertiary/aromatic N) is 3. The number of pyridine rings is 1. The number of carboxylic acids is 1. The predicted molar refractivity (Wildman–Crippen MR) is 60.0 cm³/mol. The molecule has 0 aromatic carbocycles. The molecule has 94 valence electrons. The van der Waals surface area contributed by atoms with Crippen LogP contribution in [0.1, 0.15) is 12.3 Å². The fraction of sp³-hybridized carbons (Fsp3) is 0.273. The molecule has 0 bridgehead atoms. The van der Waals surface area contributed by atoms with Gasteiger partial charge in [-0.3, -0.25) is 4.79 Å². The highest BCUT2D eigenvalue weighted by molar-refractivity contribution is 5.66. The highest BCUT2D eigenvalue weighted by Gasteiger charge is 2.10. The second-order valence-electron chi connectivity index (χ2n) is 3.49. The molecule has 1 N–H and O–H groups in total. The van der Waals surface area contributed by atoms with Gasteiger partial charge in [-0.15, -0.1) is 0 Å². The fourth-order valence-electron chi connectivity index (χ4n) is 1.32. The average molecular weight is 249 g/mol. The monoisotopic (exact) mass is 249 g/mol. The van der Waals surface area contributed by atoms with E-state index in [0.29, 0.717) is 23.2 Å². The summed E-state index contributed by atoms with van der Waals surface area (Å²) in [6.45, 7) is 0. The Morgan fingerprint density at radius 2 is 2.33 bits per heavy atom. The van der Waals surface area contributed by atoms with Crippen molar-refractivity contribution in [3.05, 3.63) is 24.2 Å². The van der Waals surface area contributed by atoms with Gasteiger partial charge in [0.05, 0.1) is 13.5 Å². The number of rotatable bonds is 5. The Morgan fingerprint density at radius 3 is 2.94 bits per heavy atom. The van der Waals surface area contributed by atoms with Gasteiger partial charge >= 0.3 is 5.97 Å². The summed E-state index contributed by atoms with van der Waals surface area (Å²) in [5.74, 6) is 0.267. The Bertz CT molecular complexity index is 535. The molecule has 2 rings (SSSR count). The lowest BCUT2D eigenvalue weighted by atomic mass is 10.2. The maximum absolute atomic E-state index is 10.4. The Labute approximate surface area is 102 Å². The summed E-state index contributed by atoms with van der Waals surface area (Å²) in [5.41, 5.74) is 0.682. The van der Waals surface area contributed by atoms with E-state index in [1.54, 1.807) is 18.3 Å². The fourth-order valence-corrected chi connectivity index (χ4v) is 1.32. The molecule has 2 aromatic heterocycles. The lowest BCUT2D eigenvalue weighted by molar-refractivity contribution is -0.137. The molecule has 0 spiro atoms. The van der Waals surface area contributed by atoms with Gasteiger partial charge in [0.25, 0.3) is 0 Å². The van der Waals surface area contributed by atoms with Gasteiger partial charge in [0, 0.05) is 24.2 Å². The van der Waals surface area contributed by atoms with Crippen LogP contribution in [0, 0.1) is 0 Å². The van der Waals surface area contributed by atoms with E-state index in [1.165, 1.54) is 7.11 Å². The quantitative estimate of drug-likeness (QED) is 0.848. The number of methoxy groups -OCH3 is 1. The van der Waals surface area contributed by atoms with Crippen molar-refractivity contribution in [2.75, 3.05) is 7.11 Å². The van der Waals surface area contributed by atoms with E-state index in [0.717, 1.165) is 0 Å². The van der Waals surface area contributed by atoms with Crippen LogP contribution < -0.4 is 4.74 Å². The molecule has 0 fully saturated rings. The van der Waals surface area contributed by atoms with Crippen molar-refractivity contribution < 1.29 is 19.2 Å². The Kier molecular flexibility index (Phi) is 3.52. The molecule has 0 atom stereocenters. The topological polar surface area (TPSA) is 98.3 Å². The average Bonchev–Trinajstić information content (AvgIpc) is 2.85. The number of ether oxygens (including phenoxy) is 1. The van der Waals surface area contributed by atoms with Gasteiger partial charge in [0.15, 0.2) is 0 Å². The van der Waals surface area contributed by atoms with Crippen molar-refractivity contribution >= 4 is 5.97 Å². The third-order valence-electron chi connectivity index (χ3n) is 2.22. The van der Waals surface area contributed by atoms with Crippen molar-refractivity contribution in [3.63, 3.8) is 0 Å². The molecule has 7 nitrogen and oxygen atoms in total. The van der Waals surface area contributed by atoms with Crippen LogP contribution in [0.2, 0.25) is 0 Å². The highest BCUT2D eigenvalue weighted by Crippen LogP contribution is 2.17. The number of hydrogen-bond acceptors (Lipinski definition) is 6. The molecule has 0 saturated heterocycles. The summed E-state index contributed by atoms with van der Waals surface area (Å²) in [6.07, 6.45) is 1.74. The third-order valence-corrected chi connectivity index (χ3v) is 2.22. The Balaban J connectivity index is 2.10. The predicted octanol–water partition coefficient (Wildman–Crippen LogP) is 1.16. The first-order chi connectivity index (χ1) is 8.69. The smallest absolute Gasteiger partial charge is 0.303 e. The molecule has 0 aliphatic heterocycles. The van der Waals surface area contributed by atoms with Crippen LogP contribution in [0.4, 0.5) is 0 Å². The second-order valence-corrected chi connectivity index (χ2v) is 3.49. The maximum Gasteiger partial charge on any atom is 0.303 e. The van der Waals surface area contributed by atoms with Crippen molar-refractivity contribution in [2.24, 2.45) is 0 Å². The normalized spacial score (nSPS) is 10.3. The molecule has 0 radical (unpaired) electrons. The van der Waals surface area contributed by atoms with Gasteiger partial charge in [-0.25, -0.2) is 4.98 Å². The van der Waals surface area contributed by atoms with Crippen LogP contribution in [-0.4, -0.2) is 33.3 Å². The first-order valence-electron chi connectivity index (χ1n) is 5.24. The minimum atomic E-state index is -0.902. The molecular formula is C11H11N3O4. The zero-order valence-electron chi connectivity index (χ0n) is 9.66. The zero-order valence-corrected chi connectivity index (χ0v) is 9.66. The van der Waals surface area contributed by atoms with Gasteiger partial charge in [-0.05, 0) is 6.07 Å². The summed E-state index contributed by atoms with van der Waals surface area (Å²) in [7, 11) is 1.53. The van der Waals surface area contributed by atoms with Gasteiger partial charge in [-0.2, -0.15) is 4.98 Å². The van der Waals surface area contributed by atoms with Crippen LogP contribution in [0.5, 0.6) is 5.88 Å². The summed E-state index contributed by atoms with van der Waals surface area (Å²) in [4.78, 5) is 18.5. The lowest BCUT2D eigenvalue weighted by Gasteiger charge is -1.97. The van der Waals surface area contributed by atoms with E-state index >= 15 is 0 Å². The van der Waals surface area contributed by atoms with E-state index in [1.807, 2.05) is 0 Å². The molecule has 7 heteroatoms. The summed E-state index contributed by atoms with van der Waals surface area (Å²) in [5, 5.41) is 12.3. The zero-order chi connectivity index (χ0) is 13.0. The van der Waals surface area contributed by atoms with Crippen LogP contribution >= 0.6 is 0 Å². The second kappa shape index (κ2) is 5.26. The Morgan fingerprint density at radius 1 is 1.50 bits per heavy atom. The van der Waals surface area contributed by atoms with Crippen molar-refractivity contribution in [1.29, 1.82) is 0 Å². The highest BCUT2D eigenvalue weighted by atomic mass is 16.5. The van der Waals surface area contributed by atoms with Crippen LogP contribution in [-0.2, 0) is 11.2 Å². The molecule has 2 heterocycles. The third kappa shape index (κ3) is 2.82. The number of hydrogen-bond donors (Lipinski definition) is 1. The summed E-state index contributed by atoms with van der Waals surface area (Å²) in [6, 6.07) is 3.43. The molecule has 0 saturated carbocycles. The SMILES string of the molecule is COc1ccc(-c2noc(CCC(=O)O)n2)cn1. The summed E-state index contributed by atoms with van der Waals surface area (Å²) >= 11 is 0. The largest absolute Gasteiger partial charge is 0.481 e.